The third kappa shape index (κ3) is 3.19. The van der Waals surface area contributed by atoms with Crippen molar-refractivity contribution in [2.45, 2.75) is 32.7 Å². The van der Waals surface area contributed by atoms with Gasteiger partial charge in [-0.05, 0) is 19.1 Å². The number of aryl methyl sites for hydroxylation is 2. The Morgan fingerprint density at radius 3 is 2.55 bits per heavy atom. The average molecular weight is 287 g/mol. The first-order chi connectivity index (χ1) is 9.41. The molecule has 0 aromatic carbocycles. The molecule has 0 fully saturated rings. The van der Waals surface area contributed by atoms with Crippen LogP contribution >= 0.6 is 0 Å². The molecular weight excluding hydrogens is 271 g/mol. The highest BCUT2D eigenvalue weighted by atomic mass is 19.4. The number of hydrogen-bond acceptors (Lipinski definition) is 3. The number of halogens is 3. The third-order valence-electron chi connectivity index (χ3n) is 2.98. The topological polar surface area (TPSA) is 47.7 Å². The van der Waals surface area contributed by atoms with Gasteiger partial charge < -0.3 is 5.32 Å². The summed E-state index contributed by atoms with van der Waals surface area (Å²) in [5, 5.41) is 10.7. The van der Waals surface area contributed by atoms with E-state index in [1.165, 1.54) is 11.7 Å². The van der Waals surface area contributed by atoms with Gasteiger partial charge in [-0.1, -0.05) is 0 Å². The monoisotopic (exact) mass is 287 g/mol. The molecule has 8 heteroatoms. The highest BCUT2D eigenvalue weighted by Gasteiger charge is 2.34. The first-order valence-electron chi connectivity index (χ1n) is 6.23. The molecule has 0 aliphatic heterocycles. The van der Waals surface area contributed by atoms with Crippen LogP contribution in [0.4, 0.5) is 13.2 Å². The molecule has 2 aromatic rings. The zero-order valence-corrected chi connectivity index (χ0v) is 11.3. The average Bonchev–Trinajstić information content (AvgIpc) is 2.96. The molecule has 0 saturated carbocycles. The summed E-state index contributed by atoms with van der Waals surface area (Å²) in [7, 11) is 1.50. The van der Waals surface area contributed by atoms with E-state index >= 15 is 0 Å². The molecule has 0 radical (unpaired) electrons. The summed E-state index contributed by atoms with van der Waals surface area (Å²) in [5.74, 6) is 0. The van der Waals surface area contributed by atoms with Crippen LogP contribution in [0.5, 0.6) is 0 Å². The molecule has 2 heterocycles. The first kappa shape index (κ1) is 14.6. The summed E-state index contributed by atoms with van der Waals surface area (Å²) in [6.07, 6.45) is -2.71. The maximum atomic E-state index is 12.5. The van der Waals surface area contributed by atoms with E-state index in [2.05, 4.69) is 15.5 Å². The Morgan fingerprint density at radius 1 is 1.25 bits per heavy atom. The quantitative estimate of drug-likeness (QED) is 0.914. The largest absolute Gasteiger partial charge is 0.435 e. The summed E-state index contributed by atoms with van der Waals surface area (Å²) < 4.78 is 40.6. The Hall–Kier alpha value is -1.83. The minimum Gasteiger partial charge on any atom is -0.306 e. The highest BCUT2D eigenvalue weighted by Crippen LogP contribution is 2.28. The molecule has 2 rings (SSSR count). The zero-order chi connectivity index (χ0) is 14.8. The molecule has 20 heavy (non-hydrogen) atoms. The van der Waals surface area contributed by atoms with E-state index < -0.39 is 11.9 Å². The maximum absolute atomic E-state index is 12.5. The summed E-state index contributed by atoms with van der Waals surface area (Å²) >= 11 is 0. The predicted octanol–water partition coefficient (Wildman–Crippen LogP) is 1.95. The van der Waals surface area contributed by atoms with Crippen molar-refractivity contribution in [3.63, 3.8) is 0 Å². The van der Waals surface area contributed by atoms with E-state index in [9.17, 15) is 13.2 Å². The lowest BCUT2D eigenvalue weighted by Crippen LogP contribution is -2.17. The van der Waals surface area contributed by atoms with Crippen molar-refractivity contribution in [3.05, 3.63) is 35.4 Å². The molecule has 0 aliphatic rings. The Bertz CT molecular complexity index is 570. The summed E-state index contributed by atoms with van der Waals surface area (Å²) in [5.41, 5.74) is 0.612. The third-order valence-corrected chi connectivity index (χ3v) is 2.98. The smallest absolute Gasteiger partial charge is 0.306 e. The van der Waals surface area contributed by atoms with Gasteiger partial charge >= 0.3 is 6.18 Å². The molecule has 110 valence electrons. The number of nitrogens with zero attached hydrogens (tertiary/aromatic N) is 4. The Balaban J connectivity index is 1.96. The second-order valence-corrected chi connectivity index (χ2v) is 4.38. The second-order valence-electron chi connectivity index (χ2n) is 4.38. The van der Waals surface area contributed by atoms with E-state index in [0.717, 1.165) is 18.3 Å². The van der Waals surface area contributed by atoms with Crippen LogP contribution in [0.15, 0.2) is 18.3 Å². The van der Waals surface area contributed by atoms with Crippen molar-refractivity contribution in [2.75, 3.05) is 0 Å². The second kappa shape index (κ2) is 5.66. The van der Waals surface area contributed by atoms with E-state index in [-0.39, 0.29) is 0 Å². The minimum absolute atomic E-state index is 0.314. The van der Waals surface area contributed by atoms with Gasteiger partial charge in [0.1, 0.15) is 0 Å². The molecule has 0 bridgehead atoms. The van der Waals surface area contributed by atoms with Crippen LogP contribution in [0.3, 0.4) is 0 Å². The summed E-state index contributed by atoms with van der Waals surface area (Å²) in [6, 6.07) is 2.94. The minimum atomic E-state index is -4.41. The molecule has 0 saturated heterocycles. The van der Waals surface area contributed by atoms with Gasteiger partial charge in [-0.15, -0.1) is 0 Å². The molecule has 0 spiro atoms. The lowest BCUT2D eigenvalue weighted by atomic mass is 10.3. The van der Waals surface area contributed by atoms with Crippen LogP contribution in [0.2, 0.25) is 0 Å². The van der Waals surface area contributed by atoms with E-state index in [1.807, 2.05) is 17.7 Å². The van der Waals surface area contributed by atoms with E-state index in [0.29, 0.717) is 18.8 Å². The standard InChI is InChI=1S/C12H16F3N5/c1-3-20-9(4-5-17-20)7-16-8-10-6-11(12(13,14)15)18-19(10)2/h4-6,16H,3,7-8H2,1-2H3. The van der Waals surface area contributed by atoms with Crippen LogP contribution in [0.25, 0.3) is 0 Å². The van der Waals surface area contributed by atoms with Crippen LogP contribution in [-0.4, -0.2) is 19.6 Å². The fraction of sp³-hybridized carbons (Fsp3) is 0.500. The molecule has 0 aliphatic carbocycles. The Kier molecular flexibility index (Phi) is 4.12. The van der Waals surface area contributed by atoms with Gasteiger partial charge in [0.05, 0.1) is 11.4 Å². The number of nitrogens with one attached hydrogen (secondary N) is 1. The van der Waals surface area contributed by atoms with Crippen molar-refractivity contribution in [2.24, 2.45) is 7.05 Å². The summed E-state index contributed by atoms with van der Waals surface area (Å²) in [6.45, 7) is 3.59. The van der Waals surface area contributed by atoms with Gasteiger partial charge in [-0.25, -0.2) is 0 Å². The van der Waals surface area contributed by atoms with Gasteiger partial charge in [-0.3, -0.25) is 9.36 Å². The lowest BCUT2D eigenvalue weighted by Gasteiger charge is -2.06. The van der Waals surface area contributed by atoms with Gasteiger partial charge in [0.25, 0.3) is 0 Å². The van der Waals surface area contributed by atoms with Crippen molar-refractivity contribution < 1.29 is 13.2 Å². The Labute approximate surface area is 114 Å². The van der Waals surface area contributed by atoms with Crippen molar-refractivity contribution >= 4 is 0 Å². The van der Waals surface area contributed by atoms with Gasteiger partial charge in [0.2, 0.25) is 0 Å². The number of alkyl halides is 3. The van der Waals surface area contributed by atoms with Crippen LogP contribution in [-0.2, 0) is 32.9 Å². The lowest BCUT2D eigenvalue weighted by molar-refractivity contribution is -0.141. The van der Waals surface area contributed by atoms with Gasteiger partial charge in [0, 0.05) is 32.9 Å². The normalized spacial score (nSPS) is 12.1. The Morgan fingerprint density at radius 2 is 1.95 bits per heavy atom. The van der Waals surface area contributed by atoms with Crippen molar-refractivity contribution in [3.8, 4) is 0 Å². The van der Waals surface area contributed by atoms with Crippen LogP contribution < -0.4 is 5.32 Å². The molecule has 0 atom stereocenters. The van der Waals surface area contributed by atoms with Crippen LogP contribution in [0, 0.1) is 0 Å². The summed E-state index contributed by atoms with van der Waals surface area (Å²) in [4.78, 5) is 0. The number of rotatable bonds is 5. The molecule has 0 unspecified atom stereocenters. The predicted molar refractivity (Wildman–Crippen MR) is 66.7 cm³/mol. The van der Waals surface area contributed by atoms with Crippen molar-refractivity contribution in [1.82, 2.24) is 24.9 Å². The highest BCUT2D eigenvalue weighted by molar-refractivity contribution is 5.13. The van der Waals surface area contributed by atoms with Gasteiger partial charge in [-0.2, -0.15) is 23.4 Å². The zero-order valence-electron chi connectivity index (χ0n) is 11.3. The SMILES string of the molecule is CCn1nccc1CNCc1cc(C(F)(F)F)nn1C. The molecule has 5 nitrogen and oxygen atoms in total. The molecular formula is C12H16F3N5. The number of hydrogen-bond donors (Lipinski definition) is 1. The fourth-order valence-electron chi connectivity index (χ4n) is 1.92. The number of aromatic nitrogens is 4. The van der Waals surface area contributed by atoms with E-state index in [1.54, 1.807) is 6.20 Å². The van der Waals surface area contributed by atoms with Crippen LogP contribution in [0.1, 0.15) is 24.0 Å². The van der Waals surface area contributed by atoms with Crippen molar-refractivity contribution in [1.29, 1.82) is 0 Å². The fourth-order valence-corrected chi connectivity index (χ4v) is 1.92. The van der Waals surface area contributed by atoms with E-state index in [4.69, 9.17) is 0 Å². The molecule has 1 N–H and O–H groups in total. The molecule has 2 aromatic heterocycles. The first-order valence-corrected chi connectivity index (χ1v) is 6.23. The maximum Gasteiger partial charge on any atom is 0.435 e. The molecule has 0 amide bonds. The van der Waals surface area contributed by atoms with Gasteiger partial charge in [0.15, 0.2) is 5.69 Å².